The lowest BCUT2D eigenvalue weighted by atomic mass is 10.0. The fourth-order valence-corrected chi connectivity index (χ4v) is 3.39. The highest BCUT2D eigenvalue weighted by Gasteiger charge is 2.20. The second-order valence-electron chi connectivity index (χ2n) is 5.71. The molecule has 4 nitrogen and oxygen atoms in total. The number of nitrogens with zero attached hydrogens (tertiary/aromatic N) is 2. The predicted octanol–water partition coefficient (Wildman–Crippen LogP) is 2.16. The third-order valence-electron chi connectivity index (χ3n) is 3.45. The van der Waals surface area contributed by atoms with E-state index in [0.717, 1.165) is 19.5 Å². The molecule has 1 aromatic rings. The summed E-state index contributed by atoms with van der Waals surface area (Å²) in [7, 11) is 0. The Balaban J connectivity index is 1.82. The smallest absolute Gasteiger partial charge is 0.235 e. The molecule has 1 amide bonds. The van der Waals surface area contributed by atoms with Crippen molar-refractivity contribution in [3.8, 4) is 6.07 Å². The van der Waals surface area contributed by atoms with Crippen LogP contribution >= 0.6 is 11.3 Å². The molecule has 5 heteroatoms. The summed E-state index contributed by atoms with van der Waals surface area (Å²) in [5.41, 5.74) is 1.34. The molecule has 0 aliphatic carbocycles. The van der Waals surface area contributed by atoms with Crippen LogP contribution in [0.4, 0.5) is 0 Å². The molecular weight excluding hydrogens is 270 g/mol. The first kappa shape index (κ1) is 15.0. The number of amides is 1. The maximum Gasteiger partial charge on any atom is 0.235 e. The number of hydrogen-bond acceptors (Lipinski definition) is 4. The first-order valence-corrected chi connectivity index (χ1v) is 7.93. The van der Waals surface area contributed by atoms with Crippen molar-refractivity contribution in [3.63, 3.8) is 0 Å². The molecule has 0 unspecified atom stereocenters. The summed E-state index contributed by atoms with van der Waals surface area (Å²) in [5, 5.41) is 14.0. The number of carbonyl (C=O) groups is 1. The average molecular weight is 291 g/mol. The SMILES string of the molecule is CC(C)C[C@@H](C#N)NC(=O)CN1CCc2sccc2C1. The Hall–Kier alpha value is -1.38. The van der Waals surface area contributed by atoms with E-state index < -0.39 is 0 Å². The highest BCUT2D eigenvalue weighted by Crippen LogP contribution is 2.23. The van der Waals surface area contributed by atoms with Crippen molar-refractivity contribution in [1.82, 2.24) is 10.2 Å². The van der Waals surface area contributed by atoms with Crippen LogP contribution in [-0.2, 0) is 17.8 Å². The van der Waals surface area contributed by atoms with Crippen LogP contribution in [0, 0.1) is 17.2 Å². The van der Waals surface area contributed by atoms with Crippen LogP contribution < -0.4 is 5.32 Å². The lowest BCUT2D eigenvalue weighted by molar-refractivity contribution is -0.122. The quantitative estimate of drug-likeness (QED) is 0.904. The first-order valence-electron chi connectivity index (χ1n) is 7.05. The summed E-state index contributed by atoms with van der Waals surface area (Å²) >= 11 is 1.80. The van der Waals surface area contributed by atoms with Gasteiger partial charge in [0.25, 0.3) is 0 Å². The number of carbonyl (C=O) groups excluding carboxylic acids is 1. The highest BCUT2D eigenvalue weighted by molar-refractivity contribution is 7.10. The summed E-state index contributed by atoms with van der Waals surface area (Å²) < 4.78 is 0. The van der Waals surface area contributed by atoms with Gasteiger partial charge in [0.15, 0.2) is 0 Å². The molecule has 0 aromatic carbocycles. The monoisotopic (exact) mass is 291 g/mol. The Bertz CT molecular complexity index is 503. The molecule has 0 saturated heterocycles. The molecule has 20 heavy (non-hydrogen) atoms. The standard InChI is InChI=1S/C15H21N3OS/c1-11(2)7-13(8-16)17-15(19)10-18-5-3-14-12(9-18)4-6-20-14/h4,6,11,13H,3,5,7,9-10H2,1-2H3,(H,17,19)/t13-/m0/s1. The minimum atomic E-state index is -0.371. The summed E-state index contributed by atoms with van der Waals surface area (Å²) in [4.78, 5) is 15.6. The average Bonchev–Trinajstić information content (AvgIpc) is 2.84. The first-order chi connectivity index (χ1) is 9.58. The second-order valence-corrected chi connectivity index (χ2v) is 6.71. The molecule has 108 valence electrons. The Kier molecular flexibility index (Phi) is 5.16. The third-order valence-corrected chi connectivity index (χ3v) is 4.48. The number of nitriles is 1. The van der Waals surface area contributed by atoms with Gasteiger partial charge in [0, 0.05) is 18.0 Å². The summed E-state index contributed by atoms with van der Waals surface area (Å²) in [5.74, 6) is 0.360. The summed E-state index contributed by atoms with van der Waals surface area (Å²) in [6.45, 7) is 6.25. The number of thiophene rings is 1. The van der Waals surface area contributed by atoms with Crippen molar-refractivity contribution in [3.05, 3.63) is 21.9 Å². The van der Waals surface area contributed by atoms with Gasteiger partial charge >= 0.3 is 0 Å². The second kappa shape index (κ2) is 6.87. The molecule has 1 atom stereocenters. The van der Waals surface area contributed by atoms with Gasteiger partial charge in [-0.2, -0.15) is 5.26 Å². The van der Waals surface area contributed by atoms with Crippen LogP contribution in [0.1, 0.15) is 30.7 Å². The van der Waals surface area contributed by atoms with E-state index in [4.69, 9.17) is 5.26 Å². The lowest BCUT2D eigenvalue weighted by Crippen LogP contribution is -2.43. The van der Waals surface area contributed by atoms with E-state index in [9.17, 15) is 4.79 Å². The van der Waals surface area contributed by atoms with Gasteiger partial charge in [-0.25, -0.2) is 0 Å². The van der Waals surface area contributed by atoms with Crippen molar-refractivity contribution in [1.29, 1.82) is 5.26 Å². The number of fused-ring (bicyclic) bond motifs is 1. The summed E-state index contributed by atoms with van der Waals surface area (Å²) in [6, 6.07) is 3.93. The zero-order valence-electron chi connectivity index (χ0n) is 12.1. The van der Waals surface area contributed by atoms with Crippen LogP contribution in [0.5, 0.6) is 0 Å². The van der Waals surface area contributed by atoms with Crippen LogP contribution in [0.15, 0.2) is 11.4 Å². The molecule has 0 fully saturated rings. The Labute approximate surface area is 124 Å². The van der Waals surface area contributed by atoms with Crippen molar-refractivity contribution in [2.75, 3.05) is 13.1 Å². The molecule has 2 heterocycles. The van der Waals surface area contributed by atoms with E-state index in [1.165, 1.54) is 10.4 Å². The van der Waals surface area contributed by atoms with Gasteiger partial charge in [-0.05, 0) is 35.8 Å². The Morgan fingerprint density at radius 1 is 1.60 bits per heavy atom. The van der Waals surface area contributed by atoms with E-state index >= 15 is 0 Å². The molecule has 0 saturated carbocycles. The van der Waals surface area contributed by atoms with Crippen LogP contribution in [0.25, 0.3) is 0 Å². The third kappa shape index (κ3) is 4.06. The molecule has 1 aliphatic rings. The molecule has 1 N–H and O–H groups in total. The lowest BCUT2D eigenvalue weighted by Gasteiger charge is -2.26. The van der Waals surface area contributed by atoms with Gasteiger partial charge in [-0.3, -0.25) is 9.69 Å². The maximum atomic E-state index is 12.0. The Morgan fingerprint density at radius 2 is 2.40 bits per heavy atom. The summed E-state index contributed by atoms with van der Waals surface area (Å²) in [6.07, 6.45) is 1.73. The molecule has 0 spiro atoms. The maximum absolute atomic E-state index is 12.0. The van der Waals surface area contributed by atoms with E-state index in [0.29, 0.717) is 18.9 Å². The normalized spacial score (nSPS) is 16.5. The fourth-order valence-electron chi connectivity index (χ4n) is 2.50. The minimum Gasteiger partial charge on any atom is -0.339 e. The zero-order valence-corrected chi connectivity index (χ0v) is 12.9. The van der Waals surface area contributed by atoms with Gasteiger partial charge in [0.2, 0.25) is 5.91 Å². The van der Waals surface area contributed by atoms with Gasteiger partial charge in [-0.1, -0.05) is 13.8 Å². The Morgan fingerprint density at radius 3 is 3.10 bits per heavy atom. The molecule has 0 radical (unpaired) electrons. The van der Waals surface area contributed by atoms with Gasteiger partial charge in [0.05, 0.1) is 12.6 Å². The van der Waals surface area contributed by atoms with E-state index in [1.807, 2.05) is 0 Å². The van der Waals surface area contributed by atoms with Crippen LogP contribution in [0.3, 0.4) is 0 Å². The topological polar surface area (TPSA) is 56.1 Å². The number of rotatable bonds is 5. The van der Waals surface area contributed by atoms with E-state index in [2.05, 4.69) is 41.6 Å². The molecular formula is C15H21N3OS. The van der Waals surface area contributed by atoms with Crippen LogP contribution in [0.2, 0.25) is 0 Å². The van der Waals surface area contributed by atoms with Crippen LogP contribution in [-0.4, -0.2) is 29.9 Å². The molecule has 0 bridgehead atoms. The molecule has 2 rings (SSSR count). The predicted molar refractivity (Wildman–Crippen MR) is 80.3 cm³/mol. The molecule has 1 aromatic heterocycles. The highest BCUT2D eigenvalue weighted by atomic mass is 32.1. The van der Waals surface area contributed by atoms with Crippen molar-refractivity contribution in [2.24, 2.45) is 5.92 Å². The fraction of sp³-hybridized carbons (Fsp3) is 0.600. The zero-order chi connectivity index (χ0) is 14.5. The largest absolute Gasteiger partial charge is 0.339 e. The van der Waals surface area contributed by atoms with Crippen molar-refractivity contribution < 1.29 is 4.79 Å². The van der Waals surface area contributed by atoms with E-state index in [1.54, 1.807) is 11.3 Å². The van der Waals surface area contributed by atoms with Gasteiger partial charge in [0.1, 0.15) is 6.04 Å². The minimum absolute atomic E-state index is 0.0455. The van der Waals surface area contributed by atoms with Crippen molar-refractivity contribution >= 4 is 17.2 Å². The van der Waals surface area contributed by atoms with Gasteiger partial charge < -0.3 is 5.32 Å². The van der Waals surface area contributed by atoms with E-state index in [-0.39, 0.29) is 11.9 Å². The number of hydrogen-bond donors (Lipinski definition) is 1. The molecule has 1 aliphatic heterocycles. The van der Waals surface area contributed by atoms with Gasteiger partial charge in [-0.15, -0.1) is 11.3 Å². The van der Waals surface area contributed by atoms with Crippen molar-refractivity contribution in [2.45, 2.75) is 39.3 Å². The number of nitrogens with one attached hydrogen (secondary N) is 1.